The van der Waals surface area contributed by atoms with E-state index < -0.39 is 5.97 Å². The molecule has 1 aromatic heterocycles. The molecule has 0 amide bonds. The van der Waals surface area contributed by atoms with E-state index in [0.29, 0.717) is 43.4 Å². The molecule has 162 valence electrons. The van der Waals surface area contributed by atoms with Gasteiger partial charge in [-0.05, 0) is 62.5 Å². The van der Waals surface area contributed by atoms with Crippen molar-refractivity contribution in [1.82, 2.24) is 9.66 Å². The van der Waals surface area contributed by atoms with Gasteiger partial charge < -0.3 is 9.47 Å². The second kappa shape index (κ2) is 10.1. The smallest absolute Gasteiger partial charge is 0.308 e. The van der Waals surface area contributed by atoms with Crippen LogP contribution in [0.3, 0.4) is 0 Å². The minimum Gasteiger partial charge on any atom is -0.493 e. The fourth-order valence-electron chi connectivity index (χ4n) is 2.91. The topological polar surface area (TPSA) is 82.8 Å². The van der Waals surface area contributed by atoms with Gasteiger partial charge in [0.05, 0.1) is 28.7 Å². The van der Waals surface area contributed by atoms with Gasteiger partial charge in [-0.3, -0.25) is 9.59 Å². The highest BCUT2D eigenvalue weighted by atomic mass is 79.9. The van der Waals surface area contributed by atoms with Crippen LogP contribution in [0.1, 0.15) is 31.7 Å². The van der Waals surface area contributed by atoms with E-state index in [9.17, 15) is 9.59 Å². The van der Waals surface area contributed by atoms with E-state index in [1.807, 2.05) is 13.0 Å². The Balaban J connectivity index is 2.16. The Labute approximate surface area is 203 Å². The van der Waals surface area contributed by atoms with Crippen molar-refractivity contribution >= 4 is 70.9 Å². The molecule has 2 aromatic carbocycles. The molecule has 0 bridgehead atoms. The summed E-state index contributed by atoms with van der Waals surface area (Å²) in [4.78, 5) is 29.2. The number of esters is 1. The Morgan fingerprint density at radius 3 is 2.61 bits per heavy atom. The van der Waals surface area contributed by atoms with Crippen LogP contribution < -0.4 is 15.0 Å². The van der Waals surface area contributed by atoms with Crippen LogP contribution in [-0.4, -0.2) is 29.0 Å². The van der Waals surface area contributed by atoms with Crippen molar-refractivity contribution in [3.63, 3.8) is 0 Å². The van der Waals surface area contributed by atoms with Gasteiger partial charge in [-0.15, -0.1) is 0 Å². The maximum Gasteiger partial charge on any atom is 0.308 e. The van der Waals surface area contributed by atoms with Gasteiger partial charge in [-0.25, -0.2) is 4.98 Å². The zero-order valence-corrected chi connectivity index (χ0v) is 21.7. The van der Waals surface area contributed by atoms with E-state index in [1.54, 1.807) is 18.2 Å². The van der Waals surface area contributed by atoms with E-state index in [2.05, 4.69) is 57.9 Å². The van der Waals surface area contributed by atoms with Gasteiger partial charge in [0, 0.05) is 27.9 Å². The molecule has 7 nitrogen and oxygen atoms in total. The van der Waals surface area contributed by atoms with E-state index in [4.69, 9.17) is 9.47 Å². The van der Waals surface area contributed by atoms with Gasteiger partial charge in [-0.2, -0.15) is 9.78 Å². The third-order valence-electron chi connectivity index (χ3n) is 4.28. The predicted molar refractivity (Wildman–Crippen MR) is 130 cm³/mol. The number of hydrogen-bond donors (Lipinski definition) is 0. The molecule has 1 heterocycles. The zero-order chi connectivity index (χ0) is 22.7. The monoisotopic (exact) mass is 613 g/mol. The SMILES string of the molecule is CCCc1nc2ccc(Br)cc2c(=O)n1N=Cc1cc(OC)c(OC(C)=O)c(Br)c1Br. The van der Waals surface area contributed by atoms with Crippen molar-refractivity contribution in [2.24, 2.45) is 5.10 Å². The lowest BCUT2D eigenvalue weighted by molar-refractivity contribution is -0.132. The molecule has 3 rings (SSSR count). The summed E-state index contributed by atoms with van der Waals surface area (Å²) < 4.78 is 13.8. The summed E-state index contributed by atoms with van der Waals surface area (Å²) in [6, 6.07) is 7.05. The van der Waals surface area contributed by atoms with Gasteiger partial charge in [0.2, 0.25) is 0 Å². The first kappa shape index (κ1) is 23.6. The number of fused-ring (bicyclic) bond motifs is 1. The standard InChI is InChI=1S/C21H18Br3N3O4/c1-4-5-17-26-15-7-6-13(22)9-14(15)21(29)27(17)25-10-12-8-16(30-3)20(31-11(2)28)19(24)18(12)23/h6-10H,4-5H2,1-3H3. The summed E-state index contributed by atoms with van der Waals surface area (Å²) in [6.45, 7) is 3.32. The van der Waals surface area contributed by atoms with Crippen LogP contribution in [-0.2, 0) is 11.2 Å². The number of halogens is 3. The van der Waals surface area contributed by atoms with Crippen LogP contribution in [0.5, 0.6) is 11.5 Å². The number of carbonyl (C=O) groups excluding carboxylic acids is 1. The highest BCUT2D eigenvalue weighted by Crippen LogP contribution is 2.42. The first-order valence-electron chi connectivity index (χ1n) is 9.26. The zero-order valence-electron chi connectivity index (χ0n) is 16.9. The summed E-state index contributed by atoms with van der Waals surface area (Å²) in [5, 5.41) is 4.90. The van der Waals surface area contributed by atoms with Crippen molar-refractivity contribution in [3.8, 4) is 11.5 Å². The van der Waals surface area contributed by atoms with Crippen LogP contribution in [0.2, 0.25) is 0 Å². The molecule has 0 radical (unpaired) electrons. The summed E-state index contributed by atoms with van der Waals surface area (Å²) in [5.41, 5.74) is 0.979. The van der Waals surface area contributed by atoms with Crippen molar-refractivity contribution in [2.45, 2.75) is 26.7 Å². The van der Waals surface area contributed by atoms with Crippen LogP contribution >= 0.6 is 47.8 Å². The molecule has 3 aromatic rings. The number of ether oxygens (including phenoxy) is 2. The number of aromatic nitrogens is 2. The Morgan fingerprint density at radius 2 is 1.97 bits per heavy atom. The van der Waals surface area contributed by atoms with Crippen LogP contribution in [0.25, 0.3) is 10.9 Å². The average Bonchev–Trinajstić information content (AvgIpc) is 2.73. The van der Waals surface area contributed by atoms with Crippen molar-refractivity contribution in [1.29, 1.82) is 0 Å². The van der Waals surface area contributed by atoms with Gasteiger partial charge in [-0.1, -0.05) is 22.9 Å². The van der Waals surface area contributed by atoms with Crippen LogP contribution in [0.15, 0.2) is 47.6 Å². The maximum atomic E-state index is 13.1. The number of methoxy groups -OCH3 is 1. The molecule has 0 N–H and O–H groups in total. The number of benzene rings is 2. The third-order valence-corrected chi connectivity index (χ3v) is 6.92. The molecule has 0 spiro atoms. The Kier molecular flexibility index (Phi) is 7.66. The highest BCUT2D eigenvalue weighted by molar-refractivity contribution is 9.13. The fraction of sp³-hybridized carbons (Fsp3) is 0.238. The summed E-state index contributed by atoms with van der Waals surface area (Å²) in [6.07, 6.45) is 2.93. The Morgan fingerprint density at radius 1 is 1.23 bits per heavy atom. The first-order chi connectivity index (χ1) is 14.8. The molecule has 31 heavy (non-hydrogen) atoms. The largest absolute Gasteiger partial charge is 0.493 e. The quantitative estimate of drug-likeness (QED) is 0.209. The van der Waals surface area contributed by atoms with E-state index in [1.165, 1.54) is 24.9 Å². The van der Waals surface area contributed by atoms with Gasteiger partial charge >= 0.3 is 5.97 Å². The molecule has 0 aliphatic heterocycles. The molecule has 0 fully saturated rings. The van der Waals surface area contributed by atoms with Crippen molar-refractivity contribution < 1.29 is 14.3 Å². The molecule has 0 saturated carbocycles. The molecule has 0 atom stereocenters. The molecule has 10 heteroatoms. The van der Waals surface area contributed by atoms with Gasteiger partial charge in [0.1, 0.15) is 5.82 Å². The minimum atomic E-state index is -0.475. The number of rotatable bonds is 6. The normalized spacial score (nSPS) is 11.3. The number of nitrogens with zero attached hydrogens (tertiary/aromatic N) is 3. The number of carbonyl (C=O) groups is 1. The predicted octanol–water partition coefficient (Wildman–Crippen LogP) is 5.45. The number of hydrogen-bond acceptors (Lipinski definition) is 6. The second-order valence-electron chi connectivity index (χ2n) is 6.52. The molecule has 0 aliphatic carbocycles. The van der Waals surface area contributed by atoms with E-state index >= 15 is 0 Å². The second-order valence-corrected chi connectivity index (χ2v) is 9.02. The minimum absolute atomic E-state index is 0.250. The Hall–Kier alpha value is -2.04. The molecular formula is C21H18Br3N3O4. The van der Waals surface area contributed by atoms with Crippen LogP contribution in [0, 0.1) is 0 Å². The van der Waals surface area contributed by atoms with Crippen molar-refractivity contribution in [2.75, 3.05) is 7.11 Å². The Bertz CT molecular complexity index is 1260. The molecular weight excluding hydrogens is 598 g/mol. The lowest BCUT2D eigenvalue weighted by atomic mass is 10.2. The molecule has 0 aliphatic rings. The average molecular weight is 616 g/mol. The molecule has 0 unspecified atom stereocenters. The number of aryl methyl sites for hydroxylation is 1. The van der Waals surface area contributed by atoms with Crippen molar-refractivity contribution in [3.05, 3.63) is 59.4 Å². The van der Waals surface area contributed by atoms with Gasteiger partial charge in [0.15, 0.2) is 11.5 Å². The molecule has 0 saturated heterocycles. The third kappa shape index (κ3) is 5.07. The van der Waals surface area contributed by atoms with E-state index in [0.717, 1.165) is 10.9 Å². The van der Waals surface area contributed by atoms with E-state index in [-0.39, 0.29) is 11.3 Å². The first-order valence-corrected chi connectivity index (χ1v) is 11.6. The summed E-state index contributed by atoms with van der Waals surface area (Å²) in [7, 11) is 1.47. The van der Waals surface area contributed by atoms with Gasteiger partial charge in [0.25, 0.3) is 5.56 Å². The summed E-state index contributed by atoms with van der Waals surface area (Å²) in [5.74, 6) is 0.683. The maximum absolute atomic E-state index is 13.1. The summed E-state index contributed by atoms with van der Waals surface area (Å²) >= 11 is 10.3. The highest BCUT2D eigenvalue weighted by Gasteiger charge is 2.18. The van der Waals surface area contributed by atoms with Crippen LogP contribution in [0.4, 0.5) is 0 Å². The lowest BCUT2D eigenvalue weighted by Gasteiger charge is -2.13. The lowest BCUT2D eigenvalue weighted by Crippen LogP contribution is -2.22. The fourth-order valence-corrected chi connectivity index (χ4v) is 4.17.